The van der Waals surface area contributed by atoms with Crippen LogP contribution in [0.1, 0.15) is 81.2 Å². The van der Waals surface area contributed by atoms with E-state index in [4.69, 9.17) is 37.8 Å². The average molecular weight is 1250 g/mol. The number of carbonyl (C=O) groups excluding carboxylic acids is 3. The second-order valence-electron chi connectivity index (χ2n) is 24.1. The second kappa shape index (κ2) is 25.5. The number of hydrogen-bond donors (Lipinski definition) is 5. The predicted octanol–water partition coefficient (Wildman–Crippen LogP) is 6.70. The number of amides is 1. The van der Waals surface area contributed by atoms with Gasteiger partial charge in [-0.25, -0.2) is 9.67 Å². The van der Waals surface area contributed by atoms with Gasteiger partial charge in [0.05, 0.1) is 67.1 Å². The summed E-state index contributed by atoms with van der Waals surface area (Å²) >= 11 is 0. The molecule has 0 spiro atoms. The summed E-state index contributed by atoms with van der Waals surface area (Å²) in [5.41, 5.74) is 1.65. The molecule has 0 unspecified atom stereocenters. The number of aromatic hydroxyl groups is 2. The first-order valence-corrected chi connectivity index (χ1v) is 30.0. The Morgan fingerprint density at radius 3 is 2.37 bits per heavy atom. The van der Waals surface area contributed by atoms with Gasteiger partial charge >= 0.3 is 23.6 Å². The average Bonchev–Trinajstić information content (AvgIpc) is 1.55. The zero-order chi connectivity index (χ0) is 64.9. The number of piperazine rings is 1. The van der Waals surface area contributed by atoms with Crippen molar-refractivity contribution in [3.63, 3.8) is 0 Å². The van der Waals surface area contributed by atoms with E-state index in [1.807, 2.05) is 30.5 Å². The maximum atomic E-state index is 15.1. The molecular weight excluding hydrogens is 1180 g/mol. The first kappa shape index (κ1) is 63.3. The van der Waals surface area contributed by atoms with E-state index in [1.54, 1.807) is 55.2 Å². The topological polar surface area (TPSA) is 341 Å². The molecule has 0 radical (unpaired) electrons. The number of ether oxygens (including phenoxy) is 6. The number of phenols is 2. The molecule has 3 aromatic carbocycles. The van der Waals surface area contributed by atoms with Gasteiger partial charge in [0.1, 0.15) is 59.2 Å². The van der Waals surface area contributed by atoms with E-state index in [0.29, 0.717) is 58.1 Å². The molecule has 4 bridgehead atoms. The number of aliphatic hydroxyl groups is 2. The molecule has 5 aromatic rings. The number of nitrogens with one attached hydrogen (secondary N) is 1. The monoisotopic (exact) mass is 1250 g/mol. The van der Waals surface area contributed by atoms with Crippen LogP contribution in [0.15, 0.2) is 94.1 Å². The standard InChI is InChI=1S/C64H72N10O17/c1-32-11-10-12-33(2)62(82)67-53-57(80)49-48(50-59(37(6)56(49)79)91-64(8,61(50)81)88-22-17-45(85-9)34(3)58(89-38(7)75)36(5)55(78)35(4)54(32)77)52-60(53)90-46-24-42(23-44(76)51(46)66-52)71-20-18-70(19-21-71)26-41-27-73(69-68-41)25-39-13-15-40(16-14-39)30-86-43-28-72-29-47(74(83)84)65-63(72)87-31-43/h10-17,22-24,27,29,32,34-36,43,45,54-55,58,76-79H,18-21,25-26,28,30-31H2,1-9H3,(H,67,82)/b11-10+,22-17+,33-12-/t32-,34+,35+,36+,43-,45-,54-,55+,58+,64-/m0/s1. The van der Waals surface area contributed by atoms with E-state index in [9.17, 15) is 40.1 Å². The third kappa shape index (κ3) is 12.5. The number of ketones is 1. The van der Waals surface area contributed by atoms with E-state index < -0.39 is 93.3 Å². The molecule has 5 N–H and O–H groups in total. The molecule has 11 rings (SSSR count). The Hall–Kier alpha value is -9.28. The summed E-state index contributed by atoms with van der Waals surface area (Å²) in [6.45, 7) is 16.6. The van der Waals surface area contributed by atoms with Gasteiger partial charge in [0, 0.05) is 117 Å². The number of rotatable bonds is 11. The van der Waals surface area contributed by atoms with Crippen LogP contribution in [-0.2, 0) is 54.8 Å². The van der Waals surface area contributed by atoms with Gasteiger partial charge in [-0.1, -0.05) is 75.4 Å². The Kier molecular flexibility index (Phi) is 17.8. The number of methoxy groups -OCH3 is 1. The lowest BCUT2D eigenvalue weighted by atomic mass is 9.78. The number of hydrogen-bond acceptors (Lipinski definition) is 23. The van der Waals surface area contributed by atoms with Crippen molar-refractivity contribution in [2.75, 3.05) is 50.1 Å². The molecular formula is C64H72N10O17. The number of anilines is 2. The molecule has 1 fully saturated rings. The zero-order valence-electron chi connectivity index (χ0n) is 51.7. The summed E-state index contributed by atoms with van der Waals surface area (Å²) in [5.74, 6) is -8.51. The molecule has 1 aliphatic carbocycles. The van der Waals surface area contributed by atoms with Gasteiger partial charge in [-0.05, 0) is 36.0 Å². The summed E-state index contributed by atoms with van der Waals surface area (Å²) in [6, 6.07) is 11.3. The van der Waals surface area contributed by atoms with Gasteiger partial charge in [-0.3, -0.25) is 28.6 Å². The SMILES string of the molecule is CO[C@H]1/C=C/O[C@@]2(C)Oc3c(C)c(O)c4c(=O)c(c5oc6cc(N7CCN(Cc8cn(Cc9ccc(CO[C@@H]%10COc%11nc([N+](=O)[O-])cn%11C%10)cc9)nn8)CC7)cc(O)c6nc-5c4c3C2=O)NC(=O)/C(C)=C\C=C\[C@H](C)[C@H](O)[C@@H](C)[C@@H](O)[C@@H](C)[C@H](OC(C)=O)[C@@H]1C. The number of fused-ring (bicyclic) bond motifs is 3. The number of allylic oxidation sites excluding steroid dienone is 2. The quantitative estimate of drug-likeness (QED) is 0.0296. The molecule has 0 saturated carbocycles. The van der Waals surface area contributed by atoms with Crippen LogP contribution in [-0.4, -0.2) is 154 Å². The minimum absolute atomic E-state index is 0.000215. The maximum absolute atomic E-state index is 15.1. The molecule has 27 heteroatoms. The molecule has 480 valence electrons. The third-order valence-electron chi connectivity index (χ3n) is 17.7. The fraction of sp³-hybridized carbons (Fsp3) is 0.438. The molecule has 6 aliphatic rings. The molecule has 10 atom stereocenters. The van der Waals surface area contributed by atoms with E-state index in [-0.39, 0.29) is 86.1 Å². The fourth-order valence-electron chi connectivity index (χ4n) is 12.3. The fourth-order valence-corrected chi connectivity index (χ4v) is 12.3. The minimum atomic E-state index is -2.13. The van der Waals surface area contributed by atoms with Gasteiger partial charge in [0.2, 0.25) is 5.43 Å². The first-order chi connectivity index (χ1) is 43.4. The number of aliphatic hydroxyl groups excluding tert-OH is 2. The molecule has 1 saturated heterocycles. The Bertz CT molecular complexity index is 4090. The number of nitro groups is 1. The number of aromatic nitrogens is 6. The number of nitrogens with zero attached hydrogens (tertiary/aromatic N) is 9. The van der Waals surface area contributed by atoms with Crippen molar-refractivity contribution in [3.05, 3.63) is 133 Å². The first-order valence-electron chi connectivity index (χ1n) is 30.0. The van der Waals surface area contributed by atoms with Gasteiger partial charge in [-0.15, -0.1) is 5.10 Å². The lowest BCUT2D eigenvalue weighted by Gasteiger charge is -2.38. The van der Waals surface area contributed by atoms with Crippen molar-refractivity contribution in [2.24, 2.45) is 23.7 Å². The van der Waals surface area contributed by atoms with Crippen molar-refractivity contribution in [3.8, 4) is 34.7 Å². The maximum Gasteiger partial charge on any atom is 0.414 e. The molecule has 2 aromatic heterocycles. The molecule has 91 heavy (non-hydrogen) atoms. The van der Waals surface area contributed by atoms with Crippen LogP contribution in [0, 0.1) is 40.7 Å². The van der Waals surface area contributed by atoms with Crippen LogP contribution in [0.25, 0.3) is 33.3 Å². The number of esters is 1. The molecule has 1 amide bonds. The lowest BCUT2D eigenvalue weighted by Crippen LogP contribution is -2.46. The Balaban J connectivity index is 0.848. The highest BCUT2D eigenvalue weighted by molar-refractivity contribution is 6.22. The van der Waals surface area contributed by atoms with Crippen LogP contribution < -0.4 is 25.1 Å². The highest BCUT2D eigenvalue weighted by atomic mass is 16.7. The number of carbonyl (C=O) groups is 3. The highest BCUT2D eigenvalue weighted by Gasteiger charge is 2.50. The zero-order valence-corrected chi connectivity index (χ0v) is 51.7. The van der Waals surface area contributed by atoms with Crippen molar-refractivity contribution in [2.45, 2.75) is 118 Å². The number of imidazole rings is 1. The van der Waals surface area contributed by atoms with Crippen LogP contribution in [0.2, 0.25) is 0 Å². The van der Waals surface area contributed by atoms with E-state index in [2.05, 4.69) is 30.4 Å². The third-order valence-corrected chi connectivity index (χ3v) is 17.7. The van der Waals surface area contributed by atoms with E-state index in [1.165, 1.54) is 65.5 Å². The van der Waals surface area contributed by atoms with Crippen molar-refractivity contribution < 1.29 is 72.6 Å². The smallest absolute Gasteiger partial charge is 0.414 e. The van der Waals surface area contributed by atoms with Gasteiger partial charge in [0.25, 0.3) is 11.7 Å². The Labute approximate surface area is 521 Å². The number of benzene rings is 4. The summed E-state index contributed by atoms with van der Waals surface area (Å²) in [5, 5.41) is 69.2. The van der Waals surface area contributed by atoms with Crippen LogP contribution in [0.3, 0.4) is 0 Å². The minimum Gasteiger partial charge on any atom is -0.507 e. The van der Waals surface area contributed by atoms with Gasteiger partial charge in [0.15, 0.2) is 11.3 Å². The molecule has 27 nitrogen and oxygen atoms in total. The Morgan fingerprint density at radius 2 is 1.66 bits per heavy atom. The summed E-state index contributed by atoms with van der Waals surface area (Å²) in [6.07, 6.45) is 6.24. The van der Waals surface area contributed by atoms with Crippen molar-refractivity contribution >= 4 is 56.7 Å². The number of phenolic OH excluding ortho intramolecular Hbond substituents is 2. The van der Waals surface area contributed by atoms with Crippen LogP contribution in [0.4, 0.5) is 17.2 Å². The van der Waals surface area contributed by atoms with Gasteiger partial charge in [-0.2, -0.15) is 0 Å². The predicted molar refractivity (Wildman–Crippen MR) is 329 cm³/mol. The van der Waals surface area contributed by atoms with Crippen molar-refractivity contribution in [1.29, 1.82) is 0 Å². The largest absolute Gasteiger partial charge is 0.507 e. The lowest BCUT2D eigenvalue weighted by molar-refractivity contribution is -0.389. The van der Waals surface area contributed by atoms with E-state index in [0.717, 1.165) is 16.8 Å². The highest BCUT2D eigenvalue weighted by Crippen LogP contribution is 2.51. The van der Waals surface area contributed by atoms with Crippen LogP contribution in [0.5, 0.6) is 23.3 Å². The molecule has 5 aliphatic heterocycles. The van der Waals surface area contributed by atoms with Gasteiger partial charge < -0.3 is 73.6 Å². The van der Waals surface area contributed by atoms with Crippen LogP contribution >= 0.6 is 0 Å². The molecule has 7 heterocycles. The normalized spacial score (nSPS) is 26.4. The summed E-state index contributed by atoms with van der Waals surface area (Å²) in [7, 11) is 1.43. The summed E-state index contributed by atoms with van der Waals surface area (Å²) < 4.78 is 45.6. The summed E-state index contributed by atoms with van der Waals surface area (Å²) in [4.78, 5) is 80.5. The number of Topliss-reactive ketones (excluding diaryl/α,β-unsaturated/α-hetero) is 1. The van der Waals surface area contributed by atoms with Crippen molar-refractivity contribution in [1.82, 2.24) is 34.4 Å². The Morgan fingerprint density at radius 1 is 0.923 bits per heavy atom. The van der Waals surface area contributed by atoms with E-state index >= 15 is 9.59 Å². The second-order valence-corrected chi connectivity index (χ2v) is 24.1.